The number of hydrogen-bond donors (Lipinski definition) is 4. The molecule has 0 aliphatic carbocycles. The molecule has 218 valence electrons. The number of carbonyl (C=O) groups is 2. The van der Waals surface area contributed by atoms with Gasteiger partial charge in [0.2, 0.25) is 0 Å². The van der Waals surface area contributed by atoms with Crippen LogP contribution in [0, 0.1) is 11.8 Å². The normalized spacial score (nSPS) is 30.3. The van der Waals surface area contributed by atoms with Crippen molar-refractivity contribution in [2.75, 3.05) is 26.6 Å². The van der Waals surface area contributed by atoms with Crippen LogP contribution in [0.1, 0.15) is 52.5 Å². The number of aromatic hydroxyl groups is 1. The number of hydrogen-bond acceptors (Lipinski definition) is 8. The number of anilines is 1. The molecule has 0 aromatic heterocycles. The van der Waals surface area contributed by atoms with E-state index in [1.165, 1.54) is 20.3 Å². The zero-order valence-corrected chi connectivity index (χ0v) is 24.0. The third-order valence-electron chi connectivity index (χ3n) is 7.15. The minimum Gasteiger partial charge on any atom is -0.504 e. The number of methoxy groups -OCH3 is 3. The molecule has 10 heteroatoms. The average molecular weight is 549 g/mol. The molecule has 0 radical (unpaired) electrons. The van der Waals surface area contributed by atoms with Crippen LogP contribution in [0.5, 0.6) is 11.5 Å². The molecule has 2 rings (SSSR count). The van der Waals surface area contributed by atoms with Crippen molar-refractivity contribution < 1.29 is 38.7 Å². The van der Waals surface area contributed by atoms with Gasteiger partial charge in [-0.15, -0.1) is 0 Å². The van der Waals surface area contributed by atoms with Crippen molar-refractivity contribution in [2.24, 2.45) is 17.6 Å². The number of fused-ring (bicyclic) bond motifs is 2. The van der Waals surface area contributed by atoms with Crippen molar-refractivity contribution in [3.05, 3.63) is 41.0 Å². The Bertz CT molecular complexity index is 1050. The van der Waals surface area contributed by atoms with Crippen LogP contribution in [0.2, 0.25) is 0 Å². The monoisotopic (exact) mass is 548 g/mol. The quantitative estimate of drug-likeness (QED) is 0.411. The second kappa shape index (κ2) is 14.9. The van der Waals surface area contributed by atoms with Crippen LogP contribution in [0.3, 0.4) is 0 Å². The number of amides is 2. The molecule has 2 amide bonds. The van der Waals surface area contributed by atoms with Gasteiger partial charge in [0.15, 0.2) is 17.6 Å². The van der Waals surface area contributed by atoms with Crippen molar-refractivity contribution in [1.82, 2.24) is 0 Å². The van der Waals surface area contributed by atoms with Gasteiger partial charge >= 0.3 is 6.09 Å². The van der Waals surface area contributed by atoms with E-state index in [-0.39, 0.29) is 23.5 Å². The number of rotatable bonds is 4. The maximum absolute atomic E-state index is 12.9. The molecule has 39 heavy (non-hydrogen) atoms. The molecule has 0 saturated carbocycles. The summed E-state index contributed by atoms with van der Waals surface area (Å²) in [6.45, 7) is 7.38. The molecular weight excluding hydrogens is 504 g/mol. The number of carbonyl (C=O) groups excluding carboxylic acids is 2. The van der Waals surface area contributed by atoms with Gasteiger partial charge < -0.3 is 40.2 Å². The van der Waals surface area contributed by atoms with E-state index >= 15 is 0 Å². The number of benzene rings is 1. The number of aliphatic hydroxyl groups is 1. The molecule has 1 aromatic carbocycles. The van der Waals surface area contributed by atoms with Gasteiger partial charge in [-0.05, 0) is 57.1 Å². The van der Waals surface area contributed by atoms with E-state index in [1.807, 2.05) is 19.9 Å². The van der Waals surface area contributed by atoms with E-state index in [2.05, 4.69) is 5.32 Å². The second-order valence-corrected chi connectivity index (χ2v) is 10.3. The number of nitrogens with two attached hydrogens (primary N) is 1. The van der Waals surface area contributed by atoms with E-state index in [1.54, 1.807) is 33.1 Å². The van der Waals surface area contributed by atoms with Crippen LogP contribution in [0.15, 0.2) is 35.4 Å². The Morgan fingerprint density at radius 3 is 2.36 bits per heavy atom. The van der Waals surface area contributed by atoms with Crippen LogP contribution in [-0.4, -0.2) is 68.0 Å². The highest BCUT2D eigenvalue weighted by molar-refractivity contribution is 6.03. The lowest BCUT2D eigenvalue weighted by Gasteiger charge is -2.30. The fourth-order valence-electron chi connectivity index (χ4n) is 5.08. The summed E-state index contributed by atoms with van der Waals surface area (Å²) in [5, 5.41) is 24.6. The zero-order chi connectivity index (χ0) is 29.3. The number of phenols is 1. The standard InChI is InChI=1S/C29H44N2O8/c1-16-11-20-14-21(15-22(32)27(20)38-7)31-28(34)17(2)9-8-10-23(36-5)26(39-29(30)35)19(4)13-18(3)25(33)24(12-16)37-6/h9,13-16,18,23-26,32-33H,8,10-12H2,1-7H3,(H2,30,35)(H,31,34)/b17-9-,19-13-/t16-,18+,23+,24-,25+,26+/m0/s1. The molecule has 0 spiro atoms. The lowest BCUT2D eigenvalue weighted by atomic mass is 9.88. The Hall–Kier alpha value is -3.08. The van der Waals surface area contributed by atoms with Crippen LogP contribution in [-0.2, 0) is 25.4 Å². The van der Waals surface area contributed by atoms with Gasteiger partial charge in [-0.2, -0.15) is 0 Å². The van der Waals surface area contributed by atoms with Gasteiger partial charge in [-0.25, -0.2) is 4.79 Å². The molecule has 1 aliphatic rings. The number of nitrogens with one attached hydrogen (secondary N) is 1. The Labute approximate surface area is 231 Å². The molecule has 0 unspecified atom stereocenters. The van der Waals surface area contributed by atoms with Crippen molar-refractivity contribution in [1.29, 1.82) is 0 Å². The van der Waals surface area contributed by atoms with E-state index in [9.17, 15) is 19.8 Å². The molecular formula is C29H44N2O8. The van der Waals surface area contributed by atoms with Gasteiger partial charge in [0.1, 0.15) is 0 Å². The fourth-order valence-corrected chi connectivity index (χ4v) is 5.08. The summed E-state index contributed by atoms with van der Waals surface area (Å²) in [7, 11) is 4.55. The summed E-state index contributed by atoms with van der Waals surface area (Å²) in [6, 6.07) is 3.24. The van der Waals surface area contributed by atoms with Gasteiger partial charge in [-0.3, -0.25) is 4.79 Å². The summed E-state index contributed by atoms with van der Waals surface area (Å²) >= 11 is 0. The minimum atomic E-state index is -0.934. The first-order valence-electron chi connectivity index (χ1n) is 13.2. The molecule has 0 saturated heterocycles. The highest BCUT2D eigenvalue weighted by Crippen LogP contribution is 2.36. The van der Waals surface area contributed by atoms with Gasteiger partial charge in [-0.1, -0.05) is 26.0 Å². The maximum Gasteiger partial charge on any atom is 0.405 e. The first-order chi connectivity index (χ1) is 18.4. The van der Waals surface area contributed by atoms with Gasteiger partial charge in [0.25, 0.3) is 5.91 Å². The lowest BCUT2D eigenvalue weighted by Crippen LogP contribution is -2.37. The molecule has 0 fully saturated rings. The highest BCUT2D eigenvalue weighted by Gasteiger charge is 2.30. The second-order valence-electron chi connectivity index (χ2n) is 10.3. The van der Waals surface area contributed by atoms with Gasteiger partial charge in [0, 0.05) is 43.0 Å². The summed E-state index contributed by atoms with van der Waals surface area (Å²) in [5.41, 5.74) is 7.69. The van der Waals surface area contributed by atoms with E-state index in [0.29, 0.717) is 48.3 Å². The number of primary amides is 1. The third kappa shape index (κ3) is 8.98. The van der Waals surface area contributed by atoms with E-state index in [4.69, 9.17) is 24.7 Å². The Morgan fingerprint density at radius 2 is 1.77 bits per heavy atom. The molecule has 1 heterocycles. The fraction of sp³-hybridized carbons (Fsp3) is 0.586. The predicted octanol–water partition coefficient (Wildman–Crippen LogP) is 4.09. The number of allylic oxidation sites excluding steroid dienone is 1. The first kappa shape index (κ1) is 32.1. The topological polar surface area (TPSA) is 150 Å². The molecule has 1 aromatic rings. The summed E-state index contributed by atoms with van der Waals surface area (Å²) in [5.74, 6) is -0.375. The number of phenolic OH excluding ortho intramolecular Hbond substituents is 1. The predicted molar refractivity (Wildman–Crippen MR) is 149 cm³/mol. The van der Waals surface area contributed by atoms with Crippen LogP contribution in [0.25, 0.3) is 0 Å². The number of aliphatic hydroxyl groups excluding tert-OH is 1. The summed E-state index contributed by atoms with van der Waals surface area (Å²) in [6.07, 6.45) is 1.95. The molecule has 6 atom stereocenters. The van der Waals surface area contributed by atoms with Crippen molar-refractivity contribution in [3.8, 4) is 11.5 Å². The molecule has 10 nitrogen and oxygen atoms in total. The lowest BCUT2D eigenvalue weighted by molar-refractivity contribution is -0.112. The van der Waals surface area contributed by atoms with E-state index in [0.717, 1.165) is 5.56 Å². The largest absolute Gasteiger partial charge is 0.504 e. The SMILES string of the molecule is COc1c(O)cc2cc1C[C@H](C)C[C@H](OC)[C@H](O)[C@H](C)/C=C(/C)[C@@H](OC(N)=O)[C@H](OC)CC/C=C(/C)C(=O)N2. The van der Waals surface area contributed by atoms with Crippen molar-refractivity contribution in [2.45, 2.75) is 77.8 Å². The van der Waals surface area contributed by atoms with Crippen molar-refractivity contribution >= 4 is 17.7 Å². The summed E-state index contributed by atoms with van der Waals surface area (Å²) in [4.78, 5) is 24.6. The van der Waals surface area contributed by atoms with Crippen LogP contribution >= 0.6 is 0 Å². The Kier molecular flexibility index (Phi) is 12.3. The van der Waals surface area contributed by atoms with Crippen molar-refractivity contribution in [3.63, 3.8) is 0 Å². The summed E-state index contributed by atoms with van der Waals surface area (Å²) < 4.78 is 22.2. The van der Waals surface area contributed by atoms with Crippen LogP contribution in [0.4, 0.5) is 10.5 Å². The molecule has 5 N–H and O–H groups in total. The Morgan fingerprint density at radius 1 is 1.10 bits per heavy atom. The third-order valence-corrected chi connectivity index (χ3v) is 7.15. The smallest absolute Gasteiger partial charge is 0.405 e. The maximum atomic E-state index is 12.9. The highest BCUT2D eigenvalue weighted by atomic mass is 16.6. The Balaban J connectivity index is 2.53. The van der Waals surface area contributed by atoms with Crippen LogP contribution < -0.4 is 15.8 Å². The number of ether oxygens (including phenoxy) is 4. The zero-order valence-electron chi connectivity index (χ0n) is 24.0. The minimum absolute atomic E-state index is 0.0219. The van der Waals surface area contributed by atoms with Gasteiger partial charge in [0.05, 0.1) is 25.4 Å². The molecule has 1 aliphatic heterocycles. The molecule has 2 bridgehead atoms. The first-order valence-corrected chi connectivity index (χ1v) is 13.2. The average Bonchev–Trinajstić information content (AvgIpc) is 2.87. The van der Waals surface area contributed by atoms with E-state index < -0.39 is 30.5 Å².